The van der Waals surface area contributed by atoms with Gasteiger partial charge in [-0.3, -0.25) is 0 Å². The molecule has 0 spiro atoms. The van der Waals surface area contributed by atoms with Crippen molar-refractivity contribution >= 4 is 5.97 Å². The molecule has 5 heteroatoms. The largest absolute Gasteiger partial charge is 0.458 e. The van der Waals surface area contributed by atoms with Crippen molar-refractivity contribution in [3.63, 3.8) is 0 Å². The maximum absolute atomic E-state index is 12.8. The van der Waals surface area contributed by atoms with Gasteiger partial charge in [0.05, 0.1) is 0 Å². The molecule has 1 aliphatic carbocycles. The number of carbonyl (C=O) groups is 1. The van der Waals surface area contributed by atoms with Crippen LogP contribution in [0.4, 0.5) is 13.2 Å². The van der Waals surface area contributed by atoms with Crippen LogP contribution >= 0.6 is 0 Å². The number of hydrogen-bond acceptors (Lipinski definition) is 2. The van der Waals surface area contributed by atoms with E-state index in [0.717, 1.165) is 18.4 Å². The Bertz CT molecular complexity index is 457. The topological polar surface area (TPSA) is 26.3 Å². The number of benzene rings is 1. The summed E-state index contributed by atoms with van der Waals surface area (Å²) in [5, 5.41) is 0. The summed E-state index contributed by atoms with van der Waals surface area (Å²) in [4.78, 5) is 11.1. The average molecular weight is 286 g/mol. The highest BCUT2D eigenvalue weighted by molar-refractivity contribution is 5.77. The van der Waals surface area contributed by atoms with Crippen LogP contribution in [0.1, 0.15) is 44.1 Å². The molecule has 2 rings (SSSR count). The van der Waals surface area contributed by atoms with Gasteiger partial charge in [-0.05, 0) is 49.3 Å². The number of ether oxygens (including phenoxy) is 1. The fraction of sp³-hybridized carbons (Fsp3) is 0.533. The van der Waals surface area contributed by atoms with Crippen LogP contribution in [-0.4, -0.2) is 18.0 Å². The first-order valence-corrected chi connectivity index (χ1v) is 6.70. The van der Waals surface area contributed by atoms with Crippen molar-refractivity contribution in [2.45, 2.75) is 50.6 Å². The Morgan fingerprint density at radius 2 is 1.70 bits per heavy atom. The zero-order valence-electron chi connectivity index (χ0n) is 11.2. The highest BCUT2D eigenvalue weighted by Crippen LogP contribution is 2.34. The third kappa shape index (κ3) is 3.74. The van der Waals surface area contributed by atoms with E-state index in [2.05, 4.69) is 0 Å². The second kappa shape index (κ2) is 5.85. The first kappa shape index (κ1) is 14.9. The summed E-state index contributed by atoms with van der Waals surface area (Å²) < 4.78 is 43.1. The Balaban J connectivity index is 1.86. The first-order chi connectivity index (χ1) is 9.36. The van der Waals surface area contributed by atoms with Gasteiger partial charge in [0.1, 0.15) is 11.9 Å². The Morgan fingerprint density at radius 1 is 1.15 bits per heavy atom. The molecule has 0 atom stereocenters. The van der Waals surface area contributed by atoms with E-state index in [1.54, 1.807) is 12.1 Å². The minimum atomic E-state index is -3.44. The number of carbonyl (C=O) groups excluding carboxylic acids is 1. The van der Waals surface area contributed by atoms with Gasteiger partial charge in [0.25, 0.3) is 0 Å². The normalized spacial score (nSPS) is 23.4. The molecule has 0 aliphatic heterocycles. The lowest BCUT2D eigenvalue weighted by molar-refractivity contribution is -0.176. The zero-order valence-corrected chi connectivity index (χ0v) is 11.2. The Kier molecular flexibility index (Phi) is 4.35. The Hall–Kier alpha value is -1.52. The predicted octanol–water partition coefficient (Wildman–Crippen LogP) is 4.05. The quantitative estimate of drug-likeness (QED) is 0.784. The highest BCUT2D eigenvalue weighted by Gasteiger charge is 2.37. The molecule has 0 unspecified atom stereocenters. The van der Waals surface area contributed by atoms with Gasteiger partial charge in [-0.15, -0.1) is 0 Å². The maximum Gasteiger partial charge on any atom is 0.376 e. The molecule has 0 heterocycles. The number of alkyl halides is 2. The summed E-state index contributed by atoms with van der Waals surface area (Å²) in [6.45, 7) is 0.541. The number of hydrogen-bond donors (Lipinski definition) is 0. The van der Waals surface area contributed by atoms with Crippen LogP contribution in [0.3, 0.4) is 0 Å². The number of rotatable bonds is 3. The first-order valence-electron chi connectivity index (χ1n) is 6.70. The van der Waals surface area contributed by atoms with Crippen LogP contribution in [0.2, 0.25) is 0 Å². The predicted molar refractivity (Wildman–Crippen MR) is 68.1 cm³/mol. The fourth-order valence-electron chi connectivity index (χ4n) is 2.50. The minimum absolute atomic E-state index is 0.271. The van der Waals surface area contributed by atoms with Crippen molar-refractivity contribution < 1.29 is 22.7 Å². The molecule has 2 nitrogen and oxygen atoms in total. The number of esters is 1. The van der Waals surface area contributed by atoms with Crippen molar-refractivity contribution in [1.82, 2.24) is 0 Å². The van der Waals surface area contributed by atoms with E-state index in [0.29, 0.717) is 19.8 Å². The smallest absolute Gasteiger partial charge is 0.376 e. The summed E-state index contributed by atoms with van der Waals surface area (Å²) in [6, 6.07) is 6.32. The second-order valence-electron chi connectivity index (χ2n) is 5.32. The van der Waals surface area contributed by atoms with Crippen molar-refractivity contribution in [3.8, 4) is 0 Å². The van der Waals surface area contributed by atoms with E-state index in [-0.39, 0.29) is 11.7 Å². The lowest BCUT2D eigenvalue weighted by atomic mass is 9.83. The van der Waals surface area contributed by atoms with Gasteiger partial charge in [0, 0.05) is 6.92 Å². The third-order valence-corrected chi connectivity index (χ3v) is 3.65. The fourth-order valence-corrected chi connectivity index (χ4v) is 2.50. The number of halogens is 3. The molecule has 0 amide bonds. The lowest BCUT2D eigenvalue weighted by Crippen LogP contribution is -2.32. The highest BCUT2D eigenvalue weighted by atomic mass is 19.3. The molecular weight excluding hydrogens is 269 g/mol. The average Bonchev–Trinajstić information content (AvgIpc) is 2.39. The van der Waals surface area contributed by atoms with Crippen molar-refractivity contribution in [1.29, 1.82) is 0 Å². The minimum Gasteiger partial charge on any atom is -0.458 e. The molecule has 1 aromatic carbocycles. The molecule has 0 bridgehead atoms. The summed E-state index contributed by atoms with van der Waals surface area (Å²) in [5.41, 5.74) is 1.04. The van der Waals surface area contributed by atoms with Crippen LogP contribution in [0.15, 0.2) is 24.3 Å². The van der Waals surface area contributed by atoms with E-state index in [4.69, 9.17) is 4.74 Å². The van der Waals surface area contributed by atoms with Gasteiger partial charge < -0.3 is 4.74 Å². The third-order valence-electron chi connectivity index (χ3n) is 3.65. The summed E-state index contributed by atoms with van der Waals surface area (Å²) in [5.74, 6) is -4.90. The van der Waals surface area contributed by atoms with Gasteiger partial charge in [-0.1, -0.05) is 12.1 Å². The molecular formula is C15H17F3O2. The standard InChI is InChI=1S/C15H17F3O2/c1-15(17,18)14(19)20-13-8-4-11(5-9-13)10-2-6-12(16)7-3-10/h2-3,6-7,11,13H,4-5,8-9H2,1H3. The molecule has 0 saturated heterocycles. The molecule has 0 radical (unpaired) electrons. The van der Waals surface area contributed by atoms with Crippen LogP contribution in [0.5, 0.6) is 0 Å². The SMILES string of the molecule is CC(F)(F)C(=O)OC1CCC(c2ccc(F)cc2)CC1. The maximum atomic E-state index is 12.8. The van der Waals surface area contributed by atoms with Crippen LogP contribution < -0.4 is 0 Å². The van der Waals surface area contributed by atoms with Gasteiger partial charge in [0.2, 0.25) is 0 Å². The molecule has 1 fully saturated rings. The van der Waals surface area contributed by atoms with E-state index in [1.165, 1.54) is 12.1 Å². The Labute approximate surface area is 115 Å². The molecule has 0 aromatic heterocycles. The van der Waals surface area contributed by atoms with Crippen molar-refractivity contribution in [2.24, 2.45) is 0 Å². The van der Waals surface area contributed by atoms with Crippen LogP contribution in [0.25, 0.3) is 0 Å². The summed E-state index contributed by atoms with van der Waals surface area (Å²) >= 11 is 0. The summed E-state index contributed by atoms with van der Waals surface area (Å²) in [6.07, 6.45) is 2.18. The van der Waals surface area contributed by atoms with E-state index < -0.39 is 18.0 Å². The van der Waals surface area contributed by atoms with Gasteiger partial charge in [-0.2, -0.15) is 8.78 Å². The van der Waals surface area contributed by atoms with E-state index in [1.807, 2.05) is 0 Å². The van der Waals surface area contributed by atoms with Gasteiger partial charge >= 0.3 is 11.9 Å². The molecule has 110 valence electrons. The lowest BCUT2D eigenvalue weighted by Gasteiger charge is -2.29. The molecule has 20 heavy (non-hydrogen) atoms. The van der Waals surface area contributed by atoms with Crippen molar-refractivity contribution in [3.05, 3.63) is 35.6 Å². The molecule has 1 saturated carbocycles. The molecule has 0 N–H and O–H groups in total. The molecule has 1 aromatic rings. The monoisotopic (exact) mass is 286 g/mol. The van der Waals surface area contributed by atoms with Crippen LogP contribution in [0, 0.1) is 5.82 Å². The van der Waals surface area contributed by atoms with Gasteiger partial charge in [0.15, 0.2) is 0 Å². The van der Waals surface area contributed by atoms with E-state index >= 15 is 0 Å². The summed E-state index contributed by atoms with van der Waals surface area (Å²) in [7, 11) is 0. The van der Waals surface area contributed by atoms with Gasteiger partial charge in [-0.25, -0.2) is 9.18 Å². The molecule has 1 aliphatic rings. The second-order valence-corrected chi connectivity index (χ2v) is 5.32. The zero-order chi connectivity index (χ0) is 14.8. The van der Waals surface area contributed by atoms with E-state index in [9.17, 15) is 18.0 Å². The van der Waals surface area contributed by atoms with Crippen LogP contribution in [-0.2, 0) is 9.53 Å². The van der Waals surface area contributed by atoms with Crippen molar-refractivity contribution in [2.75, 3.05) is 0 Å². The Morgan fingerprint density at radius 3 is 2.20 bits per heavy atom.